The van der Waals surface area contributed by atoms with Crippen molar-refractivity contribution in [2.45, 2.75) is 37.3 Å². The number of halogens is 1. The fourth-order valence-corrected chi connectivity index (χ4v) is 4.11. The maximum Gasteiger partial charge on any atom is 0.220 e. The first kappa shape index (κ1) is 14.3. The lowest BCUT2D eigenvalue weighted by Crippen LogP contribution is -2.25. The summed E-state index contributed by atoms with van der Waals surface area (Å²) in [5.41, 5.74) is 2.55. The number of fused-ring (bicyclic) bond motifs is 2. The zero-order chi connectivity index (χ0) is 16.0. The summed E-state index contributed by atoms with van der Waals surface area (Å²) in [5.74, 6) is -0.0614. The molecule has 4 rings (SSSR count). The molecule has 2 aromatic rings. The van der Waals surface area contributed by atoms with Crippen molar-refractivity contribution in [3.05, 3.63) is 47.8 Å². The summed E-state index contributed by atoms with van der Waals surface area (Å²) in [6.45, 7) is 0. The van der Waals surface area contributed by atoms with Crippen molar-refractivity contribution in [3.8, 4) is 17.2 Å². The van der Waals surface area contributed by atoms with Gasteiger partial charge in [0.05, 0.1) is 0 Å². The number of likely N-dealkylation sites (N-methyl/N-ethyl adjacent to an activating group) is 1. The van der Waals surface area contributed by atoms with Gasteiger partial charge < -0.3 is 0 Å². The summed E-state index contributed by atoms with van der Waals surface area (Å²) >= 11 is 0. The molecule has 2 bridgehead atoms. The molecule has 2 saturated heterocycles. The van der Waals surface area contributed by atoms with Gasteiger partial charge in [-0.25, -0.2) is 9.97 Å². The number of hydrogen-bond acceptors (Lipinski definition) is 4. The van der Waals surface area contributed by atoms with E-state index in [1.54, 1.807) is 18.3 Å². The molecule has 4 heterocycles. The lowest BCUT2D eigenvalue weighted by molar-refractivity contribution is 0.307. The molecule has 0 aliphatic carbocycles. The topological polar surface area (TPSA) is 52.8 Å². The smallest absolute Gasteiger partial charge is 0.220 e. The van der Waals surface area contributed by atoms with Crippen molar-refractivity contribution >= 4 is 0 Å². The lowest BCUT2D eigenvalue weighted by atomic mass is 9.84. The lowest BCUT2D eigenvalue weighted by Gasteiger charge is -2.22. The van der Waals surface area contributed by atoms with Gasteiger partial charge in [-0.05, 0) is 50.1 Å². The summed E-state index contributed by atoms with van der Waals surface area (Å²) in [5, 5.41) is 8.82. The van der Waals surface area contributed by atoms with Crippen LogP contribution >= 0.6 is 0 Å². The van der Waals surface area contributed by atoms with Gasteiger partial charge in [0.1, 0.15) is 11.8 Å². The van der Waals surface area contributed by atoms with Crippen LogP contribution in [0.1, 0.15) is 36.4 Å². The fraction of sp³-hybridized carbons (Fsp3) is 0.389. The Hall–Kier alpha value is -2.32. The Morgan fingerprint density at radius 2 is 2.13 bits per heavy atom. The second-order valence-corrected chi connectivity index (χ2v) is 6.46. The third kappa shape index (κ3) is 2.30. The Labute approximate surface area is 134 Å². The predicted molar refractivity (Wildman–Crippen MR) is 84.1 cm³/mol. The minimum absolute atomic E-state index is 0.327. The van der Waals surface area contributed by atoms with Crippen LogP contribution in [0.3, 0.4) is 0 Å². The van der Waals surface area contributed by atoms with Crippen molar-refractivity contribution in [2.24, 2.45) is 0 Å². The molecular formula is C18H17FN4. The van der Waals surface area contributed by atoms with E-state index in [9.17, 15) is 4.39 Å². The molecule has 0 spiro atoms. The Bertz CT molecular complexity index is 781. The van der Waals surface area contributed by atoms with Gasteiger partial charge in [0.25, 0.3) is 0 Å². The Morgan fingerprint density at radius 3 is 2.74 bits per heavy atom. The van der Waals surface area contributed by atoms with Crippen LogP contribution in [0, 0.1) is 17.3 Å². The van der Waals surface area contributed by atoms with E-state index < -0.39 is 5.95 Å². The van der Waals surface area contributed by atoms with E-state index in [1.165, 1.54) is 19.0 Å². The second-order valence-electron chi connectivity index (χ2n) is 6.46. The Balaban J connectivity index is 1.70. The highest BCUT2D eigenvalue weighted by molar-refractivity contribution is 5.63. The number of hydrogen-bond donors (Lipinski definition) is 0. The molecule has 116 valence electrons. The van der Waals surface area contributed by atoms with E-state index >= 15 is 0 Å². The standard InChI is InChI=1S/C18H17FN4/c1-23-14-4-5-17(23)15(7-14)12-6-16(18(19)22-10-12)11-2-3-13(8-20)21-9-11/h2-3,6,9-10,14-15,17H,4-5,7H2,1H3/t14-,15+,17+/m0/s1. The molecule has 0 amide bonds. The molecule has 0 saturated carbocycles. The van der Waals surface area contributed by atoms with E-state index in [-0.39, 0.29) is 0 Å². The summed E-state index contributed by atoms with van der Waals surface area (Å²) in [6, 6.07) is 8.40. The average molecular weight is 308 g/mol. The number of rotatable bonds is 2. The summed E-state index contributed by atoms with van der Waals surface area (Å²) in [6.07, 6.45) is 6.81. The average Bonchev–Trinajstić information content (AvgIpc) is 3.10. The molecule has 2 aromatic heterocycles. The fourth-order valence-electron chi connectivity index (χ4n) is 4.11. The molecule has 3 atom stereocenters. The zero-order valence-corrected chi connectivity index (χ0v) is 12.9. The van der Waals surface area contributed by atoms with Gasteiger partial charge in [-0.1, -0.05) is 0 Å². The third-order valence-corrected chi connectivity index (χ3v) is 5.36. The molecule has 23 heavy (non-hydrogen) atoms. The second kappa shape index (κ2) is 5.39. The molecule has 4 nitrogen and oxygen atoms in total. The Morgan fingerprint density at radius 1 is 1.26 bits per heavy atom. The monoisotopic (exact) mass is 308 g/mol. The van der Waals surface area contributed by atoms with Gasteiger partial charge >= 0.3 is 0 Å². The number of pyridine rings is 2. The molecule has 0 N–H and O–H groups in total. The highest BCUT2D eigenvalue weighted by atomic mass is 19.1. The van der Waals surface area contributed by atoms with Crippen LogP contribution in [0.15, 0.2) is 30.6 Å². The summed E-state index contributed by atoms with van der Waals surface area (Å²) < 4.78 is 14.2. The van der Waals surface area contributed by atoms with Crippen LogP contribution in [0.4, 0.5) is 4.39 Å². The first-order valence-corrected chi connectivity index (χ1v) is 7.91. The first-order valence-electron chi connectivity index (χ1n) is 7.91. The van der Waals surface area contributed by atoms with Gasteiger partial charge in [0, 0.05) is 41.5 Å². The van der Waals surface area contributed by atoms with Gasteiger partial charge in [-0.3, -0.25) is 4.90 Å². The van der Waals surface area contributed by atoms with Crippen LogP contribution in [0.2, 0.25) is 0 Å². The van der Waals surface area contributed by atoms with Crippen LogP contribution in [0.25, 0.3) is 11.1 Å². The van der Waals surface area contributed by atoms with Crippen molar-refractivity contribution in [2.75, 3.05) is 7.05 Å². The minimum atomic E-state index is -0.489. The van der Waals surface area contributed by atoms with Crippen molar-refractivity contribution in [3.63, 3.8) is 0 Å². The van der Waals surface area contributed by atoms with Crippen LogP contribution < -0.4 is 0 Å². The number of aromatic nitrogens is 2. The van der Waals surface area contributed by atoms with E-state index in [0.29, 0.717) is 34.8 Å². The van der Waals surface area contributed by atoms with E-state index in [1.807, 2.05) is 12.1 Å². The van der Waals surface area contributed by atoms with Crippen LogP contribution in [0.5, 0.6) is 0 Å². The van der Waals surface area contributed by atoms with Crippen molar-refractivity contribution in [1.29, 1.82) is 5.26 Å². The first-order chi connectivity index (χ1) is 11.2. The molecule has 2 fully saturated rings. The van der Waals surface area contributed by atoms with Crippen molar-refractivity contribution in [1.82, 2.24) is 14.9 Å². The van der Waals surface area contributed by atoms with Crippen LogP contribution in [-0.4, -0.2) is 34.0 Å². The van der Waals surface area contributed by atoms with E-state index in [2.05, 4.69) is 21.9 Å². The van der Waals surface area contributed by atoms with Gasteiger partial charge in [0.15, 0.2) is 0 Å². The summed E-state index contributed by atoms with van der Waals surface area (Å²) in [4.78, 5) is 10.5. The van der Waals surface area contributed by atoms with Crippen molar-refractivity contribution < 1.29 is 4.39 Å². The van der Waals surface area contributed by atoms with Gasteiger partial charge in [0.2, 0.25) is 5.95 Å². The van der Waals surface area contributed by atoms with Crippen LogP contribution in [-0.2, 0) is 0 Å². The Kier molecular flexibility index (Phi) is 3.35. The normalized spacial score (nSPS) is 26.4. The quantitative estimate of drug-likeness (QED) is 0.800. The molecule has 2 aliphatic rings. The highest BCUT2D eigenvalue weighted by Crippen LogP contribution is 2.46. The van der Waals surface area contributed by atoms with Gasteiger partial charge in [-0.2, -0.15) is 9.65 Å². The minimum Gasteiger partial charge on any atom is -0.300 e. The predicted octanol–water partition coefficient (Wildman–Crippen LogP) is 3.10. The largest absolute Gasteiger partial charge is 0.300 e. The van der Waals surface area contributed by atoms with E-state index in [0.717, 1.165) is 12.0 Å². The molecule has 0 aromatic carbocycles. The zero-order valence-electron chi connectivity index (χ0n) is 12.9. The number of nitriles is 1. The maximum absolute atomic E-state index is 14.2. The molecular weight excluding hydrogens is 291 g/mol. The molecule has 5 heteroatoms. The molecule has 2 aliphatic heterocycles. The summed E-state index contributed by atoms with van der Waals surface area (Å²) in [7, 11) is 2.19. The molecule has 0 radical (unpaired) electrons. The van der Waals surface area contributed by atoms with E-state index in [4.69, 9.17) is 5.26 Å². The maximum atomic E-state index is 14.2. The SMILES string of the molecule is CN1[C@H]2CC[C@@H]1[C@@H](c1cnc(F)c(-c3ccc(C#N)nc3)c1)C2. The highest BCUT2D eigenvalue weighted by Gasteiger charge is 2.44. The third-order valence-electron chi connectivity index (χ3n) is 5.36. The van der Waals surface area contributed by atoms with Gasteiger partial charge in [-0.15, -0.1) is 0 Å². The number of nitrogens with zero attached hydrogens (tertiary/aromatic N) is 4. The molecule has 0 unspecified atom stereocenters.